The standard InChI is InChI=1S/C22H22FN3O4/c23-14-2-3-16-19(28)11-21(30-20(16)10-14)22(29)25-15-5-7-26(8-6-15)12-13-1-4-18(27)17(24)9-13/h1-4,9-11,15,27H,5-8,12,24H2,(H,25,29). The third-order valence-electron chi connectivity index (χ3n) is 5.34. The summed E-state index contributed by atoms with van der Waals surface area (Å²) in [5, 5.41) is 12.7. The summed E-state index contributed by atoms with van der Waals surface area (Å²) < 4.78 is 18.9. The van der Waals surface area contributed by atoms with Gasteiger partial charge in [-0.1, -0.05) is 6.07 Å². The van der Waals surface area contributed by atoms with Crippen LogP contribution in [0.2, 0.25) is 0 Å². The van der Waals surface area contributed by atoms with Crippen molar-refractivity contribution >= 4 is 22.6 Å². The van der Waals surface area contributed by atoms with Crippen molar-refractivity contribution in [2.75, 3.05) is 18.8 Å². The minimum atomic E-state index is -0.536. The topological polar surface area (TPSA) is 109 Å². The molecule has 0 aliphatic carbocycles. The number of phenols is 1. The predicted molar refractivity (Wildman–Crippen MR) is 111 cm³/mol. The fourth-order valence-electron chi connectivity index (χ4n) is 3.69. The van der Waals surface area contributed by atoms with Gasteiger partial charge in [-0.05, 0) is 42.7 Å². The van der Waals surface area contributed by atoms with Gasteiger partial charge in [0.15, 0.2) is 11.2 Å². The molecule has 0 spiro atoms. The lowest BCUT2D eigenvalue weighted by molar-refractivity contribution is 0.0881. The lowest BCUT2D eigenvalue weighted by Gasteiger charge is -2.32. The SMILES string of the molecule is Nc1cc(CN2CCC(NC(=O)c3cc(=O)c4ccc(F)cc4o3)CC2)ccc1O. The van der Waals surface area contributed by atoms with E-state index in [1.54, 1.807) is 12.1 Å². The van der Waals surface area contributed by atoms with Gasteiger partial charge in [-0.3, -0.25) is 14.5 Å². The molecule has 4 rings (SSSR count). The fraction of sp³-hybridized carbons (Fsp3) is 0.273. The molecule has 30 heavy (non-hydrogen) atoms. The zero-order valence-corrected chi connectivity index (χ0v) is 16.2. The number of phenolic OH excluding ortho intramolecular Hbond substituents is 1. The zero-order chi connectivity index (χ0) is 21.3. The largest absolute Gasteiger partial charge is 0.506 e. The number of hydrogen-bond acceptors (Lipinski definition) is 6. The lowest BCUT2D eigenvalue weighted by Crippen LogP contribution is -2.44. The number of benzene rings is 2. The molecular formula is C22H22FN3O4. The molecule has 0 saturated carbocycles. The molecule has 0 unspecified atom stereocenters. The molecule has 7 nitrogen and oxygen atoms in total. The van der Waals surface area contributed by atoms with Gasteiger partial charge in [-0.2, -0.15) is 0 Å². The molecule has 0 bridgehead atoms. The molecule has 2 aromatic carbocycles. The first-order valence-corrected chi connectivity index (χ1v) is 9.73. The summed E-state index contributed by atoms with van der Waals surface area (Å²) in [5.41, 5.74) is 6.78. The first-order chi connectivity index (χ1) is 14.4. The Bertz CT molecular complexity index is 1150. The molecule has 1 aliphatic heterocycles. The molecule has 1 amide bonds. The van der Waals surface area contributed by atoms with E-state index in [0.29, 0.717) is 12.2 Å². The summed E-state index contributed by atoms with van der Waals surface area (Å²) in [7, 11) is 0. The van der Waals surface area contributed by atoms with Gasteiger partial charge in [0.25, 0.3) is 5.91 Å². The number of aromatic hydroxyl groups is 1. The molecule has 0 radical (unpaired) electrons. The molecule has 1 aliphatic rings. The maximum Gasteiger partial charge on any atom is 0.287 e. The molecule has 156 valence electrons. The van der Waals surface area contributed by atoms with Crippen molar-refractivity contribution in [1.82, 2.24) is 10.2 Å². The monoisotopic (exact) mass is 411 g/mol. The number of carbonyl (C=O) groups excluding carboxylic acids is 1. The number of nitrogens with zero attached hydrogens (tertiary/aromatic N) is 1. The van der Waals surface area contributed by atoms with E-state index in [0.717, 1.165) is 43.6 Å². The number of halogens is 1. The van der Waals surface area contributed by atoms with E-state index in [4.69, 9.17) is 10.2 Å². The van der Waals surface area contributed by atoms with Gasteiger partial charge >= 0.3 is 0 Å². The molecule has 3 aromatic rings. The van der Waals surface area contributed by atoms with Crippen LogP contribution in [-0.4, -0.2) is 35.0 Å². The Morgan fingerprint density at radius 3 is 2.70 bits per heavy atom. The summed E-state index contributed by atoms with van der Waals surface area (Å²) in [5.74, 6) is -1.07. The number of amides is 1. The Morgan fingerprint density at radius 2 is 1.97 bits per heavy atom. The first-order valence-electron chi connectivity index (χ1n) is 9.73. The second-order valence-corrected chi connectivity index (χ2v) is 7.53. The average molecular weight is 411 g/mol. The Morgan fingerprint density at radius 1 is 1.20 bits per heavy atom. The smallest absolute Gasteiger partial charge is 0.287 e. The van der Waals surface area contributed by atoms with Crippen LogP contribution < -0.4 is 16.5 Å². The van der Waals surface area contributed by atoms with Crippen LogP contribution in [0.5, 0.6) is 5.75 Å². The van der Waals surface area contributed by atoms with Crippen molar-refractivity contribution in [1.29, 1.82) is 0 Å². The summed E-state index contributed by atoms with van der Waals surface area (Å²) in [4.78, 5) is 27.0. The minimum absolute atomic E-state index is 0.0489. The molecule has 1 saturated heterocycles. The number of rotatable bonds is 4. The van der Waals surface area contributed by atoms with Crippen molar-refractivity contribution in [3.8, 4) is 5.75 Å². The number of fused-ring (bicyclic) bond motifs is 1. The van der Waals surface area contributed by atoms with Gasteiger partial charge in [-0.25, -0.2) is 4.39 Å². The van der Waals surface area contributed by atoms with Crippen molar-refractivity contribution in [3.05, 3.63) is 69.8 Å². The molecule has 1 fully saturated rings. The second kappa shape index (κ2) is 8.16. The number of nitrogens with one attached hydrogen (secondary N) is 1. The number of nitrogens with two attached hydrogens (primary N) is 1. The van der Waals surface area contributed by atoms with Gasteiger partial charge in [-0.15, -0.1) is 0 Å². The number of hydrogen-bond donors (Lipinski definition) is 3. The highest BCUT2D eigenvalue weighted by molar-refractivity contribution is 5.93. The average Bonchev–Trinajstić information content (AvgIpc) is 2.71. The van der Waals surface area contributed by atoms with Gasteiger partial charge < -0.3 is 20.6 Å². The maximum atomic E-state index is 13.4. The van der Waals surface area contributed by atoms with E-state index < -0.39 is 11.7 Å². The Labute approximate surface area is 171 Å². The van der Waals surface area contributed by atoms with Gasteiger partial charge in [0.1, 0.15) is 17.1 Å². The number of piperidine rings is 1. The van der Waals surface area contributed by atoms with Crippen molar-refractivity contribution in [2.45, 2.75) is 25.4 Å². The van der Waals surface area contributed by atoms with Gasteiger partial charge in [0.2, 0.25) is 0 Å². The maximum absolute atomic E-state index is 13.4. The van der Waals surface area contributed by atoms with E-state index >= 15 is 0 Å². The van der Waals surface area contributed by atoms with Crippen LogP contribution in [0.3, 0.4) is 0 Å². The highest BCUT2D eigenvalue weighted by atomic mass is 19.1. The number of carbonyl (C=O) groups is 1. The first kappa shape index (κ1) is 19.9. The normalized spacial score (nSPS) is 15.4. The van der Waals surface area contributed by atoms with Crippen LogP contribution in [0, 0.1) is 5.82 Å². The third-order valence-corrected chi connectivity index (χ3v) is 5.34. The number of nitrogen functional groups attached to an aromatic ring is 1. The summed E-state index contributed by atoms with van der Waals surface area (Å²) in [6.45, 7) is 2.26. The summed E-state index contributed by atoms with van der Waals surface area (Å²) in [6.07, 6.45) is 1.48. The van der Waals surface area contributed by atoms with E-state index in [9.17, 15) is 19.1 Å². The molecule has 8 heteroatoms. The van der Waals surface area contributed by atoms with Crippen LogP contribution in [0.15, 0.2) is 51.7 Å². The number of anilines is 1. The fourth-order valence-corrected chi connectivity index (χ4v) is 3.69. The molecule has 4 N–H and O–H groups in total. The number of likely N-dealkylation sites (tertiary alicyclic amines) is 1. The summed E-state index contributed by atoms with van der Waals surface area (Å²) >= 11 is 0. The van der Waals surface area contributed by atoms with E-state index in [1.807, 2.05) is 6.07 Å². The molecule has 2 heterocycles. The van der Waals surface area contributed by atoms with Crippen LogP contribution in [-0.2, 0) is 6.54 Å². The van der Waals surface area contributed by atoms with E-state index in [-0.39, 0.29) is 33.9 Å². The lowest BCUT2D eigenvalue weighted by atomic mass is 10.0. The molecule has 1 aromatic heterocycles. The second-order valence-electron chi connectivity index (χ2n) is 7.53. The van der Waals surface area contributed by atoms with Gasteiger partial charge in [0, 0.05) is 37.8 Å². The van der Waals surface area contributed by atoms with E-state index in [1.165, 1.54) is 12.1 Å². The Hall–Kier alpha value is -3.39. The highest BCUT2D eigenvalue weighted by Gasteiger charge is 2.23. The van der Waals surface area contributed by atoms with Crippen molar-refractivity contribution in [2.24, 2.45) is 0 Å². The Kier molecular flexibility index (Phi) is 5.41. The third kappa shape index (κ3) is 4.28. The molecule has 0 atom stereocenters. The van der Waals surface area contributed by atoms with Crippen molar-refractivity contribution in [3.63, 3.8) is 0 Å². The van der Waals surface area contributed by atoms with Crippen LogP contribution >= 0.6 is 0 Å². The van der Waals surface area contributed by atoms with Gasteiger partial charge in [0.05, 0.1) is 11.1 Å². The zero-order valence-electron chi connectivity index (χ0n) is 16.2. The van der Waals surface area contributed by atoms with Crippen LogP contribution in [0.4, 0.5) is 10.1 Å². The van der Waals surface area contributed by atoms with Crippen LogP contribution in [0.25, 0.3) is 11.0 Å². The van der Waals surface area contributed by atoms with Crippen molar-refractivity contribution < 1.29 is 18.7 Å². The molecular weight excluding hydrogens is 389 g/mol. The summed E-state index contributed by atoms with van der Waals surface area (Å²) in [6, 6.07) is 9.89. The van der Waals surface area contributed by atoms with E-state index in [2.05, 4.69) is 10.2 Å². The predicted octanol–water partition coefficient (Wildman–Crippen LogP) is 2.61. The van der Waals surface area contributed by atoms with Crippen LogP contribution in [0.1, 0.15) is 29.0 Å². The minimum Gasteiger partial charge on any atom is -0.506 e. The Balaban J connectivity index is 1.37. The highest BCUT2D eigenvalue weighted by Crippen LogP contribution is 2.22. The quantitative estimate of drug-likeness (QED) is 0.450.